The smallest absolute Gasteiger partial charge is 0.213 e. The summed E-state index contributed by atoms with van der Waals surface area (Å²) in [6, 6.07) is 6.16. The third kappa shape index (κ3) is 2.41. The topological polar surface area (TPSA) is 56.7 Å². The highest BCUT2D eigenvalue weighted by molar-refractivity contribution is 6.17. The Balaban J connectivity index is 1.99. The maximum atomic E-state index is 5.88. The molecule has 0 aliphatic rings. The number of imidazole rings is 1. The van der Waals surface area contributed by atoms with Crippen LogP contribution in [-0.2, 0) is 19.4 Å². The Morgan fingerprint density at radius 1 is 1.30 bits per heavy atom. The molecule has 1 aromatic carbocycles. The number of fused-ring (bicyclic) bond motifs is 1. The van der Waals surface area contributed by atoms with E-state index in [0.29, 0.717) is 18.1 Å². The number of hydrogen-bond donors (Lipinski definition) is 0. The summed E-state index contributed by atoms with van der Waals surface area (Å²) in [4.78, 5) is 8.73. The van der Waals surface area contributed by atoms with E-state index in [1.165, 1.54) is 12.0 Å². The van der Waals surface area contributed by atoms with Crippen LogP contribution in [0.4, 0.5) is 0 Å². The lowest BCUT2D eigenvalue weighted by Crippen LogP contribution is -2.08. The van der Waals surface area contributed by atoms with Crippen molar-refractivity contribution in [2.75, 3.05) is 5.88 Å². The molecule has 0 N–H and O–H groups in total. The quantitative estimate of drug-likeness (QED) is 0.678. The summed E-state index contributed by atoms with van der Waals surface area (Å²) in [5.41, 5.74) is 3.39. The molecule has 3 aromatic rings. The predicted octanol–water partition coefficient (Wildman–Crippen LogP) is 2.75. The van der Waals surface area contributed by atoms with E-state index in [9.17, 15) is 0 Å². The van der Waals surface area contributed by atoms with E-state index in [2.05, 4.69) is 32.7 Å². The van der Waals surface area contributed by atoms with Gasteiger partial charge in [-0.05, 0) is 18.6 Å². The second kappa shape index (κ2) is 5.63. The third-order valence-corrected chi connectivity index (χ3v) is 3.52. The molecule has 0 aliphatic heterocycles. The Kier molecular flexibility index (Phi) is 3.69. The molecule has 6 heteroatoms. The first-order chi connectivity index (χ1) is 9.79. The second-order valence-corrected chi connectivity index (χ2v) is 5.04. The van der Waals surface area contributed by atoms with Gasteiger partial charge in [-0.25, -0.2) is 4.98 Å². The van der Waals surface area contributed by atoms with Gasteiger partial charge in [0.2, 0.25) is 6.39 Å². The lowest BCUT2D eigenvalue weighted by Gasteiger charge is -2.08. The van der Waals surface area contributed by atoms with E-state index < -0.39 is 0 Å². The molecule has 0 spiro atoms. The maximum Gasteiger partial charge on any atom is 0.213 e. The molecule has 2 heterocycles. The molecule has 104 valence electrons. The second-order valence-electron chi connectivity index (χ2n) is 4.66. The summed E-state index contributed by atoms with van der Waals surface area (Å²) in [7, 11) is 0. The van der Waals surface area contributed by atoms with Gasteiger partial charge >= 0.3 is 0 Å². The Hall–Kier alpha value is -1.88. The van der Waals surface area contributed by atoms with Crippen LogP contribution in [-0.4, -0.2) is 25.6 Å². The number of halogens is 1. The first-order valence-corrected chi connectivity index (χ1v) is 7.09. The molecule has 0 amide bonds. The molecule has 0 saturated carbocycles. The zero-order chi connectivity index (χ0) is 13.9. The minimum absolute atomic E-state index is 0.560. The van der Waals surface area contributed by atoms with Gasteiger partial charge in [-0.2, -0.15) is 4.98 Å². The highest BCUT2D eigenvalue weighted by Crippen LogP contribution is 2.21. The monoisotopic (exact) mass is 290 g/mol. The van der Waals surface area contributed by atoms with E-state index in [4.69, 9.17) is 16.1 Å². The van der Waals surface area contributed by atoms with Crippen molar-refractivity contribution in [3.8, 4) is 0 Å². The summed E-state index contributed by atoms with van der Waals surface area (Å²) in [5, 5.41) is 3.85. The Labute approximate surface area is 121 Å². The van der Waals surface area contributed by atoms with Crippen LogP contribution in [0.15, 0.2) is 29.1 Å². The average Bonchev–Trinajstić information content (AvgIpc) is 3.05. The number of alkyl halides is 1. The van der Waals surface area contributed by atoms with E-state index >= 15 is 0 Å². The van der Waals surface area contributed by atoms with E-state index in [1.807, 2.05) is 12.1 Å². The standard InChI is InChI=1S/C14H15ClN4O/c1-10-3-2-4-11-14(10)19(13(17-11)5-7-15)8-6-12-16-9-20-18-12/h2-4,9H,5-8H2,1H3. The predicted molar refractivity (Wildman–Crippen MR) is 76.9 cm³/mol. The summed E-state index contributed by atoms with van der Waals surface area (Å²) in [6.07, 6.45) is 2.82. The van der Waals surface area contributed by atoms with Crippen LogP contribution in [0.3, 0.4) is 0 Å². The highest BCUT2D eigenvalue weighted by atomic mass is 35.5. The third-order valence-electron chi connectivity index (χ3n) is 3.33. The van der Waals surface area contributed by atoms with Crippen molar-refractivity contribution in [1.29, 1.82) is 0 Å². The van der Waals surface area contributed by atoms with Gasteiger partial charge in [0.05, 0.1) is 11.0 Å². The number of para-hydroxylation sites is 1. The Bertz CT molecular complexity index is 705. The van der Waals surface area contributed by atoms with Crippen molar-refractivity contribution in [1.82, 2.24) is 19.7 Å². The Morgan fingerprint density at radius 2 is 2.20 bits per heavy atom. The van der Waals surface area contributed by atoms with Gasteiger partial charge in [0, 0.05) is 25.3 Å². The van der Waals surface area contributed by atoms with Gasteiger partial charge in [0.1, 0.15) is 5.82 Å². The van der Waals surface area contributed by atoms with Crippen molar-refractivity contribution >= 4 is 22.6 Å². The molecule has 0 fully saturated rings. The summed E-state index contributed by atoms with van der Waals surface area (Å²) >= 11 is 5.88. The number of aryl methyl sites for hydroxylation is 4. The van der Waals surface area contributed by atoms with Crippen LogP contribution in [0, 0.1) is 6.92 Å². The minimum Gasteiger partial charge on any atom is -0.343 e. The number of aromatic nitrogens is 4. The van der Waals surface area contributed by atoms with Crippen LogP contribution in [0.25, 0.3) is 11.0 Å². The fourth-order valence-corrected chi connectivity index (χ4v) is 2.61. The van der Waals surface area contributed by atoms with Crippen molar-refractivity contribution in [3.63, 3.8) is 0 Å². The first-order valence-electron chi connectivity index (χ1n) is 6.55. The lowest BCUT2D eigenvalue weighted by molar-refractivity contribution is 0.408. The number of rotatable bonds is 5. The van der Waals surface area contributed by atoms with Crippen LogP contribution in [0.1, 0.15) is 17.2 Å². The van der Waals surface area contributed by atoms with Crippen LogP contribution in [0.5, 0.6) is 0 Å². The van der Waals surface area contributed by atoms with Gasteiger partial charge in [-0.1, -0.05) is 17.3 Å². The zero-order valence-corrected chi connectivity index (χ0v) is 12.0. The van der Waals surface area contributed by atoms with Gasteiger partial charge < -0.3 is 9.09 Å². The van der Waals surface area contributed by atoms with Crippen LogP contribution >= 0.6 is 11.6 Å². The summed E-state index contributed by atoms with van der Waals surface area (Å²) in [5.74, 6) is 2.27. The molecule has 0 saturated heterocycles. The van der Waals surface area contributed by atoms with Crippen molar-refractivity contribution in [3.05, 3.63) is 41.8 Å². The zero-order valence-electron chi connectivity index (χ0n) is 11.2. The number of nitrogens with zero attached hydrogens (tertiary/aromatic N) is 4. The summed E-state index contributed by atoms with van der Waals surface area (Å²) < 4.78 is 6.98. The Morgan fingerprint density at radius 3 is 2.95 bits per heavy atom. The molecular formula is C14H15ClN4O. The number of hydrogen-bond acceptors (Lipinski definition) is 4. The minimum atomic E-state index is 0.560. The van der Waals surface area contributed by atoms with Gasteiger partial charge in [0.25, 0.3) is 0 Å². The normalized spacial score (nSPS) is 11.3. The average molecular weight is 291 g/mol. The van der Waals surface area contributed by atoms with Crippen molar-refractivity contribution in [2.45, 2.75) is 26.3 Å². The van der Waals surface area contributed by atoms with E-state index in [-0.39, 0.29) is 0 Å². The molecule has 2 aromatic heterocycles. The molecule has 3 rings (SSSR count). The highest BCUT2D eigenvalue weighted by Gasteiger charge is 2.12. The molecule has 20 heavy (non-hydrogen) atoms. The SMILES string of the molecule is Cc1cccc2nc(CCCl)n(CCc3ncon3)c12. The van der Waals surface area contributed by atoms with Crippen molar-refractivity contribution < 1.29 is 4.52 Å². The van der Waals surface area contributed by atoms with Crippen molar-refractivity contribution in [2.24, 2.45) is 0 Å². The summed E-state index contributed by atoms with van der Waals surface area (Å²) in [6.45, 7) is 2.87. The number of benzene rings is 1. The molecule has 0 aliphatic carbocycles. The fourth-order valence-electron chi connectivity index (χ4n) is 2.44. The maximum absolute atomic E-state index is 5.88. The molecular weight excluding hydrogens is 276 g/mol. The molecule has 0 bridgehead atoms. The van der Waals surface area contributed by atoms with Crippen LogP contribution in [0.2, 0.25) is 0 Å². The molecule has 0 radical (unpaired) electrons. The van der Waals surface area contributed by atoms with E-state index in [1.54, 1.807) is 0 Å². The first kappa shape index (κ1) is 13.1. The molecule has 0 unspecified atom stereocenters. The van der Waals surface area contributed by atoms with Crippen LogP contribution < -0.4 is 0 Å². The van der Waals surface area contributed by atoms with E-state index in [0.717, 1.165) is 29.8 Å². The molecule has 0 atom stereocenters. The largest absolute Gasteiger partial charge is 0.343 e. The molecule has 5 nitrogen and oxygen atoms in total. The van der Waals surface area contributed by atoms with Gasteiger partial charge in [0.15, 0.2) is 5.82 Å². The van der Waals surface area contributed by atoms with Gasteiger partial charge in [-0.15, -0.1) is 11.6 Å². The fraction of sp³-hybridized carbons (Fsp3) is 0.357. The lowest BCUT2D eigenvalue weighted by atomic mass is 10.2. The van der Waals surface area contributed by atoms with Gasteiger partial charge in [-0.3, -0.25) is 0 Å².